The van der Waals surface area contributed by atoms with E-state index < -0.39 is 0 Å². The van der Waals surface area contributed by atoms with E-state index in [1.807, 2.05) is 0 Å². The lowest BCUT2D eigenvalue weighted by Gasteiger charge is -2.13. The molecule has 0 aliphatic heterocycles. The highest BCUT2D eigenvalue weighted by atomic mass is 14.3. The fourth-order valence-electron chi connectivity index (χ4n) is 2.31. The van der Waals surface area contributed by atoms with Crippen molar-refractivity contribution in [2.24, 2.45) is 11.8 Å². The Labute approximate surface area is 71.4 Å². The normalized spacial score (nSPS) is 31.1. The summed E-state index contributed by atoms with van der Waals surface area (Å²) < 4.78 is 0. The Bertz CT molecular complexity index is 96.2. The van der Waals surface area contributed by atoms with Crippen molar-refractivity contribution >= 4 is 0 Å². The van der Waals surface area contributed by atoms with E-state index in [-0.39, 0.29) is 0 Å². The SMILES string of the molecule is CCCCC[C@@H]1CCC[C@H]1C. The number of rotatable bonds is 4. The zero-order chi connectivity index (χ0) is 8.10. The van der Waals surface area contributed by atoms with Crippen LogP contribution in [0.5, 0.6) is 0 Å². The maximum absolute atomic E-state index is 2.43. The molecule has 0 bridgehead atoms. The van der Waals surface area contributed by atoms with E-state index in [2.05, 4.69) is 13.8 Å². The molecule has 1 aliphatic rings. The standard InChI is InChI=1S/C11H22/c1-3-4-5-8-11-9-6-7-10(11)2/h10-11H,3-9H2,1-2H3/t10-,11-/m1/s1. The van der Waals surface area contributed by atoms with Crippen LogP contribution in [0.4, 0.5) is 0 Å². The van der Waals surface area contributed by atoms with Crippen molar-refractivity contribution in [3.8, 4) is 0 Å². The fraction of sp³-hybridized carbons (Fsp3) is 1.00. The molecule has 1 aliphatic carbocycles. The zero-order valence-electron chi connectivity index (χ0n) is 8.10. The van der Waals surface area contributed by atoms with Gasteiger partial charge in [0, 0.05) is 0 Å². The number of hydrogen-bond donors (Lipinski definition) is 0. The first-order chi connectivity index (χ1) is 5.34. The van der Waals surface area contributed by atoms with Gasteiger partial charge in [0.15, 0.2) is 0 Å². The van der Waals surface area contributed by atoms with Crippen LogP contribution in [0.15, 0.2) is 0 Å². The first kappa shape index (κ1) is 9.09. The molecule has 0 N–H and O–H groups in total. The highest BCUT2D eigenvalue weighted by Gasteiger charge is 2.21. The van der Waals surface area contributed by atoms with E-state index in [1.54, 1.807) is 0 Å². The number of unbranched alkanes of at least 4 members (excludes halogenated alkanes) is 2. The Morgan fingerprint density at radius 1 is 1.18 bits per heavy atom. The van der Waals surface area contributed by atoms with Gasteiger partial charge in [-0.25, -0.2) is 0 Å². The van der Waals surface area contributed by atoms with Crippen LogP contribution >= 0.6 is 0 Å². The molecule has 0 heteroatoms. The Morgan fingerprint density at radius 3 is 2.55 bits per heavy atom. The smallest absolute Gasteiger partial charge is 0.0388 e. The van der Waals surface area contributed by atoms with Gasteiger partial charge in [0.25, 0.3) is 0 Å². The van der Waals surface area contributed by atoms with Gasteiger partial charge in [-0.1, -0.05) is 58.8 Å². The topological polar surface area (TPSA) is 0 Å². The number of hydrogen-bond acceptors (Lipinski definition) is 0. The second-order valence-electron chi connectivity index (χ2n) is 4.16. The van der Waals surface area contributed by atoms with Crippen molar-refractivity contribution in [3.63, 3.8) is 0 Å². The molecule has 0 saturated heterocycles. The Balaban J connectivity index is 2.05. The van der Waals surface area contributed by atoms with Crippen LogP contribution in [0, 0.1) is 11.8 Å². The molecular formula is C11H22. The molecule has 0 aromatic rings. The first-order valence-electron chi connectivity index (χ1n) is 5.34. The third-order valence-electron chi connectivity index (χ3n) is 3.22. The molecule has 0 aromatic heterocycles. The van der Waals surface area contributed by atoms with Crippen molar-refractivity contribution in [3.05, 3.63) is 0 Å². The third kappa shape index (κ3) is 2.84. The summed E-state index contributed by atoms with van der Waals surface area (Å²) in [7, 11) is 0. The summed E-state index contributed by atoms with van der Waals surface area (Å²) in [5.41, 5.74) is 0. The van der Waals surface area contributed by atoms with Crippen molar-refractivity contribution in [2.45, 2.75) is 58.8 Å². The molecular weight excluding hydrogens is 132 g/mol. The van der Waals surface area contributed by atoms with Crippen LogP contribution in [0.3, 0.4) is 0 Å². The molecule has 1 saturated carbocycles. The third-order valence-corrected chi connectivity index (χ3v) is 3.22. The quantitative estimate of drug-likeness (QED) is 0.537. The van der Waals surface area contributed by atoms with Gasteiger partial charge < -0.3 is 0 Å². The molecule has 1 rings (SSSR count). The largest absolute Gasteiger partial charge is 0.0654 e. The highest BCUT2D eigenvalue weighted by Crippen LogP contribution is 2.34. The summed E-state index contributed by atoms with van der Waals surface area (Å²) in [6.45, 7) is 4.72. The zero-order valence-corrected chi connectivity index (χ0v) is 8.10. The van der Waals surface area contributed by atoms with Gasteiger partial charge in [-0.3, -0.25) is 0 Å². The molecule has 0 aromatic carbocycles. The van der Waals surface area contributed by atoms with Gasteiger partial charge >= 0.3 is 0 Å². The maximum atomic E-state index is 2.43. The second-order valence-corrected chi connectivity index (χ2v) is 4.16. The molecule has 2 atom stereocenters. The van der Waals surface area contributed by atoms with Crippen molar-refractivity contribution < 1.29 is 0 Å². The monoisotopic (exact) mass is 154 g/mol. The summed E-state index contributed by atoms with van der Waals surface area (Å²) >= 11 is 0. The lowest BCUT2D eigenvalue weighted by atomic mass is 9.92. The first-order valence-corrected chi connectivity index (χ1v) is 5.34. The van der Waals surface area contributed by atoms with E-state index in [1.165, 1.54) is 44.9 Å². The van der Waals surface area contributed by atoms with E-state index in [4.69, 9.17) is 0 Å². The lowest BCUT2D eigenvalue weighted by molar-refractivity contribution is 0.376. The van der Waals surface area contributed by atoms with Crippen LogP contribution in [-0.4, -0.2) is 0 Å². The lowest BCUT2D eigenvalue weighted by Crippen LogP contribution is -2.02. The molecule has 0 radical (unpaired) electrons. The fourth-order valence-corrected chi connectivity index (χ4v) is 2.31. The minimum atomic E-state index is 1.03. The summed E-state index contributed by atoms with van der Waals surface area (Å²) in [4.78, 5) is 0. The maximum Gasteiger partial charge on any atom is -0.0388 e. The predicted molar refractivity (Wildman–Crippen MR) is 50.6 cm³/mol. The van der Waals surface area contributed by atoms with Crippen LogP contribution in [-0.2, 0) is 0 Å². The van der Waals surface area contributed by atoms with E-state index >= 15 is 0 Å². The van der Waals surface area contributed by atoms with E-state index in [0.29, 0.717) is 0 Å². The Morgan fingerprint density at radius 2 is 2.00 bits per heavy atom. The van der Waals surface area contributed by atoms with Crippen LogP contribution in [0.1, 0.15) is 58.8 Å². The van der Waals surface area contributed by atoms with Gasteiger partial charge in [0.2, 0.25) is 0 Å². The molecule has 0 spiro atoms. The summed E-state index contributed by atoms with van der Waals surface area (Å²) in [5, 5.41) is 0. The van der Waals surface area contributed by atoms with E-state index in [9.17, 15) is 0 Å². The van der Waals surface area contributed by atoms with Crippen LogP contribution in [0.25, 0.3) is 0 Å². The Hall–Kier alpha value is 0. The minimum absolute atomic E-state index is 1.03. The van der Waals surface area contributed by atoms with Gasteiger partial charge in [-0.2, -0.15) is 0 Å². The van der Waals surface area contributed by atoms with Crippen LogP contribution in [0.2, 0.25) is 0 Å². The molecule has 1 fully saturated rings. The van der Waals surface area contributed by atoms with Crippen molar-refractivity contribution in [1.29, 1.82) is 0 Å². The van der Waals surface area contributed by atoms with Crippen molar-refractivity contribution in [1.82, 2.24) is 0 Å². The predicted octanol–water partition coefficient (Wildman–Crippen LogP) is 4.00. The summed E-state index contributed by atoms with van der Waals surface area (Å²) in [5.74, 6) is 2.12. The van der Waals surface area contributed by atoms with Crippen LogP contribution < -0.4 is 0 Å². The van der Waals surface area contributed by atoms with Crippen molar-refractivity contribution in [2.75, 3.05) is 0 Å². The highest BCUT2D eigenvalue weighted by molar-refractivity contribution is 4.73. The Kier molecular flexibility index (Phi) is 3.96. The minimum Gasteiger partial charge on any atom is -0.0654 e. The molecule has 66 valence electrons. The summed E-state index contributed by atoms with van der Waals surface area (Å²) in [6, 6.07) is 0. The molecule has 0 heterocycles. The average Bonchev–Trinajstić information content (AvgIpc) is 2.37. The molecule has 0 amide bonds. The van der Waals surface area contributed by atoms with E-state index in [0.717, 1.165) is 11.8 Å². The van der Waals surface area contributed by atoms with Gasteiger partial charge in [-0.05, 0) is 11.8 Å². The average molecular weight is 154 g/mol. The molecule has 0 nitrogen and oxygen atoms in total. The molecule has 0 unspecified atom stereocenters. The van der Waals surface area contributed by atoms with Gasteiger partial charge in [0.05, 0.1) is 0 Å². The molecule has 11 heavy (non-hydrogen) atoms. The second kappa shape index (κ2) is 4.79. The summed E-state index contributed by atoms with van der Waals surface area (Å²) in [6.07, 6.45) is 10.3. The van der Waals surface area contributed by atoms with Gasteiger partial charge in [0.1, 0.15) is 0 Å². The van der Waals surface area contributed by atoms with Gasteiger partial charge in [-0.15, -0.1) is 0 Å².